The number of rotatable bonds is 6. The molecule has 1 amide bonds. The van der Waals surface area contributed by atoms with Gasteiger partial charge in [-0.05, 0) is 55.3 Å². The van der Waals surface area contributed by atoms with Crippen LogP contribution in [0.5, 0.6) is 0 Å². The molecule has 0 aliphatic carbocycles. The second-order valence-electron chi connectivity index (χ2n) is 6.17. The molecule has 6 nitrogen and oxygen atoms in total. The van der Waals surface area contributed by atoms with E-state index >= 15 is 0 Å². The quantitative estimate of drug-likeness (QED) is 0.685. The van der Waals surface area contributed by atoms with Crippen LogP contribution in [0.25, 0.3) is 0 Å². The highest BCUT2D eigenvalue weighted by Gasteiger charge is 2.11. The number of carbonyl (C=O) groups excluding carboxylic acids is 1. The van der Waals surface area contributed by atoms with Gasteiger partial charge >= 0.3 is 0 Å². The maximum atomic E-state index is 12.9. The van der Waals surface area contributed by atoms with Crippen LogP contribution in [0.4, 0.5) is 16.0 Å². The summed E-state index contributed by atoms with van der Waals surface area (Å²) < 4.78 is 12.9. The van der Waals surface area contributed by atoms with Gasteiger partial charge in [0.2, 0.25) is 5.95 Å². The van der Waals surface area contributed by atoms with E-state index in [9.17, 15) is 9.18 Å². The van der Waals surface area contributed by atoms with Crippen LogP contribution >= 0.6 is 0 Å². The third-order valence-electron chi connectivity index (χ3n) is 3.95. The molecule has 1 heterocycles. The van der Waals surface area contributed by atoms with Crippen molar-refractivity contribution in [1.29, 1.82) is 5.26 Å². The summed E-state index contributed by atoms with van der Waals surface area (Å²) in [7, 11) is 0. The molecule has 0 aliphatic rings. The van der Waals surface area contributed by atoms with Gasteiger partial charge in [-0.2, -0.15) is 5.26 Å². The fourth-order valence-electron chi connectivity index (χ4n) is 2.60. The van der Waals surface area contributed by atoms with Crippen LogP contribution in [-0.2, 0) is 6.42 Å². The number of nitriles is 1. The first-order valence-electron chi connectivity index (χ1n) is 8.69. The topological polar surface area (TPSA) is 90.7 Å². The molecule has 0 atom stereocenters. The van der Waals surface area contributed by atoms with Gasteiger partial charge in [0.05, 0.1) is 11.6 Å². The van der Waals surface area contributed by atoms with Crippen molar-refractivity contribution in [1.82, 2.24) is 9.97 Å². The summed E-state index contributed by atoms with van der Waals surface area (Å²) in [5, 5.41) is 14.8. The highest BCUT2D eigenvalue weighted by molar-refractivity contribution is 6.03. The molecule has 0 fully saturated rings. The molecule has 3 aromatic rings. The lowest BCUT2D eigenvalue weighted by atomic mass is 10.1. The smallest absolute Gasteiger partial charge is 0.274 e. The first-order chi connectivity index (χ1) is 13.5. The van der Waals surface area contributed by atoms with E-state index in [0.717, 1.165) is 5.56 Å². The molecule has 0 saturated heterocycles. The number of aromatic nitrogens is 2. The van der Waals surface area contributed by atoms with Crippen LogP contribution < -0.4 is 10.6 Å². The molecule has 0 saturated carbocycles. The zero-order valence-electron chi connectivity index (χ0n) is 15.2. The monoisotopic (exact) mass is 375 g/mol. The van der Waals surface area contributed by atoms with Crippen molar-refractivity contribution in [3.63, 3.8) is 0 Å². The highest BCUT2D eigenvalue weighted by Crippen LogP contribution is 2.13. The van der Waals surface area contributed by atoms with Gasteiger partial charge in [-0.25, -0.2) is 14.4 Å². The van der Waals surface area contributed by atoms with E-state index in [1.807, 2.05) is 6.07 Å². The van der Waals surface area contributed by atoms with Gasteiger partial charge < -0.3 is 10.6 Å². The fraction of sp³-hybridized carbons (Fsp3) is 0.143. The lowest BCUT2D eigenvalue weighted by Crippen LogP contribution is -2.17. The minimum absolute atomic E-state index is 0.221. The van der Waals surface area contributed by atoms with Crippen molar-refractivity contribution in [2.24, 2.45) is 0 Å². The average Bonchev–Trinajstić information content (AvgIpc) is 2.69. The Bertz CT molecular complexity index is 1030. The Kier molecular flexibility index (Phi) is 5.92. The molecule has 0 spiro atoms. The predicted molar refractivity (Wildman–Crippen MR) is 104 cm³/mol. The molecule has 1 aromatic heterocycles. The number of aryl methyl sites for hydroxylation is 1. The van der Waals surface area contributed by atoms with E-state index in [4.69, 9.17) is 5.26 Å². The lowest BCUT2D eigenvalue weighted by molar-refractivity contribution is 0.102. The molecular formula is C21H18FN5O. The van der Waals surface area contributed by atoms with Crippen LogP contribution in [0.1, 0.15) is 27.3 Å². The third-order valence-corrected chi connectivity index (χ3v) is 3.95. The van der Waals surface area contributed by atoms with Crippen molar-refractivity contribution in [2.75, 3.05) is 17.2 Å². The van der Waals surface area contributed by atoms with E-state index in [-0.39, 0.29) is 17.4 Å². The van der Waals surface area contributed by atoms with E-state index in [1.165, 1.54) is 12.1 Å². The molecule has 7 heteroatoms. The van der Waals surface area contributed by atoms with Crippen LogP contribution in [-0.4, -0.2) is 22.4 Å². The van der Waals surface area contributed by atoms with E-state index in [0.29, 0.717) is 35.9 Å². The molecule has 28 heavy (non-hydrogen) atoms. The van der Waals surface area contributed by atoms with Crippen LogP contribution in [0.15, 0.2) is 54.6 Å². The Morgan fingerprint density at radius 1 is 1.14 bits per heavy atom. The van der Waals surface area contributed by atoms with Gasteiger partial charge in [-0.1, -0.05) is 18.2 Å². The van der Waals surface area contributed by atoms with Crippen LogP contribution in [0.3, 0.4) is 0 Å². The van der Waals surface area contributed by atoms with E-state index in [1.54, 1.807) is 49.4 Å². The predicted octanol–water partition coefficient (Wildman–Crippen LogP) is 3.70. The van der Waals surface area contributed by atoms with Gasteiger partial charge in [0.1, 0.15) is 11.5 Å². The molecule has 140 valence electrons. The van der Waals surface area contributed by atoms with E-state index < -0.39 is 0 Å². The van der Waals surface area contributed by atoms with Crippen LogP contribution in [0, 0.1) is 24.1 Å². The second kappa shape index (κ2) is 8.73. The average molecular weight is 375 g/mol. The number of nitrogens with one attached hydrogen (secondary N) is 2. The summed E-state index contributed by atoms with van der Waals surface area (Å²) in [5.41, 5.74) is 2.83. The number of carbonyl (C=O) groups is 1. The number of nitrogens with zero attached hydrogens (tertiary/aromatic N) is 3. The molecule has 2 N–H and O–H groups in total. The third kappa shape index (κ3) is 5.11. The maximum Gasteiger partial charge on any atom is 0.274 e. The van der Waals surface area contributed by atoms with Gasteiger partial charge in [-0.15, -0.1) is 0 Å². The fourth-order valence-corrected chi connectivity index (χ4v) is 2.60. The number of amides is 1. The number of benzene rings is 2. The number of hydrogen-bond acceptors (Lipinski definition) is 5. The molecule has 0 unspecified atom stereocenters. The maximum absolute atomic E-state index is 12.9. The number of hydrogen-bond donors (Lipinski definition) is 2. The Morgan fingerprint density at radius 3 is 2.68 bits per heavy atom. The van der Waals surface area contributed by atoms with Crippen molar-refractivity contribution < 1.29 is 9.18 Å². The molecular weight excluding hydrogens is 357 g/mol. The van der Waals surface area contributed by atoms with Gasteiger partial charge in [0.25, 0.3) is 5.91 Å². The standard InChI is InChI=1S/C21H18FN5O/c1-14-11-19(20(28)26-18-4-2-3-16(12-18)13-23)27-21(25-14)24-10-9-15-5-7-17(22)8-6-15/h2-8,11-12H,9-10H2,1H3,(H,26,28)(H,24,25,27). The Hall–Kier alpha value is -3.79. The van der Waals surface area contributed by atoms with Gasteiger partial charge in [0.15, 0.2) is 0 Å². The summed E-state index contributed by atoms with van der Waals surface area (Å²) in [6, 6.07) is 16.6. The van der Waals surface area contributed by atoms with Crippen molar-refractivity contribution in [3.05, 3.63) is 82.9 Å². The van der Waals surface area contributed by atoms with Gasteiger partial charge in [-0.3, -0.25) is 4.79 Å². The second-order valence-corrected chi connectivity index (χ2v) is 6.17. The zero-order valence-corrected chi connectivity index (χ0v) is 15.2. The molecule has 0 radical (unpaired) electrons. The summed E-state index contributed by atoms with van der Waals surface area (Å²) in [4.78, 5) is 21.0. The summed E-state index contributed by atoms with van der Waals surface area (Å²) in [6.07, 6.45) is 0.667. The first-order valence-corrected chi connectivity index (χ1v) is 8.69. The first kappa shape index (κ1) is 19.0. The number of halogens is 1. The normalized spacial score (nSPS) is 10.2. The van der Waals surface area contributed by atoms with Crippen molar-refractivity contribution in [2.45, 2.75) is 13.3 Å². The highest BCUT2D eigenvalue weighted by atomic mass is 19.1. The molecule has 3 rings (SSSR count). The Labute approximate surface area is 162 Å². The zero-order chi connectivity index (χ0) is 19.9. The Balaban J connectivity index is 1.65. The van der Waals surface area contributed by atoms with E-state index in [2.05, 4.69) is 20.6 Å². The SMILES string of the molecule is Cc1cc(C(=O)Nc2cccc(C#N)c2)nc(NCCc2ccc(F)cc2)n1. The largest absolute Gasteiger partial charge is 0.354 e. The number of anilines is 2. The minimum atomic E-state index is -0.387. The molecule has 0 aliphatic heterocycles. The molecule has 2 aromatic carbocycles. The van der Waals surface area contributed by atoms with Crippen LogP contribution in [0.2, 0.25) is 0 Å². The lowest BCUT2D eigenvalue weighted by Gasteiger charge is -2.09. The minimum Gasteiger partial charge on any atom is -0.354 e. The summed E-state index contributed by atoms with van der Waals surface area (Å²) in [5.74, 6) is -0.310. The van der Waals surface area contributed by atoms with Gasteiger partial charge in [0, 0.05) is 17.9 Å². The summed E-state index contributed by atoms with van der Waals surface area (Å²) in [6.45, 7) is 2.32. The van der Waals surface area contributed by atoms with Crippen molar-refractivity contribution in [3.8, 4) is 6.07 Å². The molecule has 0 bridgehead atoms. The van der Waals surface area contributed by atoms with Crippen molar-refractivity contribution >= 4 is 17.5 Å². The Morgan fingerprint density at radius 2 is 1.93 bits per heavy atom. The summed E-state index contributed by atoms with van der Waals surface area (Å²) >= 11 is 0.